The van der Waals surface area contributed by atoms with Crippen molar-refractivity contribution in [1.82, 2.24) is 4.90 Å². The summed E-state index contributed by atoms with van der Waals surface area (Å²) in [5, 5.41) is 2.71. The maximum Gasteiger partial charge on any atom is 0.258 e. The van der Waals surface area contributed by atoms with Gasteiger partial charge in [-0.25, -0.2) is 4.39 Å². The minimum atomic E-state index is -0.355. The van der Waals surface area contributed by atoms with Crippen molar-refractivity contribution in [3.05, 3.63) is 83.7 Å². The van der Waals surface area contributed by atoms with Crippen LogP contribution in [0.15, 0.2) is 66.7 Å². The first kappa shape index (κ1) is 26.4. The molecule has 39 heavy (non-hydrogen) atoms. The van der Waals surface area contributed by atoms with Crippen molar-refractivity contribution in [3.63, 3.8) is 0 Å². The molecular formula is C30H30FN3O5. The number of benzene rings is 3. The molecule has 0 radical (unpaired) electrons. The fourth-order valence-corrected chi connectivity index (χ4v) is 4.97. The number of ether oxygens (including phenoxy) is 2. The van der Waals surface area contributed by atoms with E-state index in [1.54, 1.807) is 53.4 Å². The summed E-state index contributed by atoms with van der Waals surface area (Å²) >= 11 is 0. The molecule has 0 unspecified atom stereocenters. The van der Waals surface area contributed by atoms with E-state index < -0.39 is 0 Å². The quantitative estimate of drug-likeness (QED) is 0.422. The molecule has 9 heteroatoms. The van der Waals surface area contributed by atoms with Gasteiger partial charge >= 0.3 is 0 Å². The molecular weight excluding hydrogens is 501 g/mol. The Labute approximate surface area is 226 Å². The third-order valence-corrected chi connectivity index (χ3v) is 7.09. The van der Waals surface area contributed by atoms with E-state index in [1.807, 2.05) is 6.07 Å². The molecule has 0 spiro atoms. The van der Waals surface area contributed by atoms with Gasteiger partial charge in [0, 0.05) is 54.5 Å². The molecule has 2 aliphatic heterocycles. The highest BCUT2D eigenvalue weighted by Crippen LogP contribution is 2.36. The van der Waals surface area contributed by atoms with Gasteiger partial charge in [0.2, 0.25) is 12.7 Å². The average Bonchev–Trinajstić information content (AvgIpc) is 3.42. The van der Waals surface area contributed by atoms with Crippen molar-refractivity contribution in [2.45, 2.75) is 19.8 Å². The second kappa shape index (κ2) is 11.7. The highest BCUT2D eigenvalue weighted by atomic mass is 19.1. The van der Waals surface area contributed by atoms with E-state index >= 15 is 0 Å². The molecule has 0 atom stereocenters. The number of nitrogens with one attached hydrogen (secondary N) is 1. The number of halogens is 1. The fourth-order valence-electron chi connectivity index (χ4n) is 4.97. The Morgan fingerprint density at radius 3 is 2.28 bits per heavy atom. The molecule has 0 aliphatic carbocycles. The van der Waals surface area contributed by atoms with Crippen LogP contribution in [0.1, 0.15) is 40.5 Å². The molecule has 0 bridgehead atoms. The number of nitrogens with zero attached hydrogens (tertiary/aromatic N) is 2. The first-order valence-electron chi connectivity index (χ1n) is 13.0. The van der Waals surface area contributed by atoms with Crippen molar-refractivity contribution in [2.75, 3.05) is 43.2 Å². The molecule has 3 aromatic rings. The number of fused-ring (bicyclic) bond motifs is 1. The predicted octanol–water partition coefficient (Wildman–Crippen LogP) is 4.75. The Hall–Kier alpha value is -4.24. The summed E-state index contributed by atoms with van der Waals surface area (Å²) < 4.78 is 24.2. The SMILES string of the molecule is CC(=O)Nc1ccc(C(=O)N(CCN2CCC(C(=O)c3ccc(F)cc3)CC2)c2ccc3c(c2)OCO3)cc1. The van der Waals surface area contributed by atoms with E-state index in [0.717, 1.165) is 13.1 Å². The van der Waals surface area contributed by atoms with Crippen molar-refractivity contribution in [1.29, 1.82) is 0 Å². The standard InChI is InChI=1S/C30H30FN3O5/c1-20(35)32-25-8-4-23(5-9-25)30(37)34(26-10-11-27-28(18-26)39-19-38-27)17-16-33-14-12-22(13-15-33)29(36)21-2-6-24(31)7-3-21/h2-11,18,22H,12-17,19H2,1H3,(H,32,35). The van der Waals surface area contributed by atoms with Gasteiger partial charge in [0.25, 0.3) is 5.91 Å². The summed E-state index contributed by atoms with van der Waals surface area (Å²) in [4.78, 5) is 41.8. The van der Waals surface area contributed by atoms with Crippen LogP contribution < -0.4 is 19.7 Å². The van der Waals surface area contributed by atoms with E-state index in [-0.39, 0.29) is 36.1 Å². The van der Waals surface area contributed by atoms with E-state index in [9.17, 15) is 18.8 Å². The average molecular weight is 532 g/mol. The van der Waals surface area contributed by atoms with Gasteiger partial charge in [-0.15, -0.1) is 0 Å². The van der Waals surface area contributed by atoms with Crippen molar-refractivity contribution in [2.24, 2.45) is 5.92 Å². The van der Waals surface area contributed by atoms with E-state index in [4.69, 9.17) is 9.47 Å². The Morgan fingerprint density at radius 2 is 1.59 bits per heavy atom. The molecule has 0 aromatic heterocycles. The zero-order valence-corrected chi connectivity index (χ0v) is 21.7. The topological polar surface area (TPSA) is 88.2 Å². The maximum atomic E-state index is 13.7. The number of likely N-dealkylation sites (tertiary alicyclic amines) is 1. The zero-order chi connectivity index (χ0) is 27.4. The largest absolute Gasteiger partial charge is 0.454 e. The van der Waals surface area contributed by atoms with Crippen molar-refractivity contribution in [3.8, 4) is 11.5 Å². The lowest BCUT2D eigenvalue weighted by Crippen LogP contribution is -2.42. The van der Waals surface area contributed by atoms with E-state index in [2.05, 4.69) is 10.2 Å². The molecule has 1 N–H and O–H groups in total. The fraction of sp³-hybridized carbons (Fsp3) is 0.300. The van der Waals surface area contributed by atoms with Crippen LogP contribution in [0.2, 0.25) is 0 Å². The first-order chi connectivity index (χ1) is 18.9. The van der Waals surface area contributed by atoms with Gasteiger partial charge in [0.05, 0.1) is 0 Å². The number of amides is 2. The number of piperidine rings is 1. The molecule has 2 heterocycles. The van der Waals surface area contributed by atoms with Gasteiger partial charge in [-0.05, 0) is 86.6 Å². The van der Waals surface area contributed by atoms with Crippen LogP contribution in [0.25, 0.3) is 0 Å². The lowest BCUT2D eigenvalue weighted by Gasteiger charge is -2.33. The summed E-state index contributed by atoms with van der Waals surface area (Å²) in [5.74, 6) is 0.468. The maximum absolute atomic E-state index is 13.7. The molecule has 5 rings (SSSR count). The van der Waals surface area contributed by atoms with Crippen molar-refractivity contribution >= 4 is 29.0 Å². The predicted molar refractivity (Wildman–Crippen MR) is 145 cm³/mol. The number of ketones is 1. The summed E-state index contributed by atoms with van der Waals surface area (Å²) in [5.41, 5.74) is 2.34. The van der Waals surface area contributed by atoms with Gasteiger partial charge in [0.15, 0.2) is 17.3 Å². The number of hydrogen-bond acceptors (Lipinski definition) is 6. The number of Topliss-reactive ketones (excluding diaryl/α,β-unsaturated/α-hetero) is 1. The van der Waals surface area contributed by atoms with Gasteiger partial charge in [-0.2, -0.15) is 0 Å². The van der Waals surface area contributed by atoms with Gasteiger partial charge < -0.3 is 24.6 Å². The van der Waals surface area contributed by atoms with Crippen LogP contribution in [0.3, 0.4) is 0 Å². The number of carbonyl (C=O) groups excluding carboxylic acids is 3. The summed E-state index contributed by atoms with van der Waals surface area (Å²) in [6.07, 6.45) is 1.41. The van der Waals surface area contributed by atoms with Crippen LogP contribution >= 0.6 is 0 Å². The number of hydrogen-bond donors (Lipinski definition) is 1. The minimum absolute atomic E-state index is 0.0505. The third-order valence-electron chi connectivity index (χ3n) is 7.09. The second-order valence-corrected chi connectivity index (χ2v) is 9.74. The van der Waals surface area contributed by atoms with Crippen LogP contribution in [0.4, 0.5) is 15.8 Å². The molecule has 3 aromatic carbocycles. The van der Waals surface area contributed by atoms with Crippen molar-refractivity contribution < 1.29 is 28.2 Å². The molecule has 1 fully saturated rings. The highest BCUT2D eigenvalue weighted by molar-refractivity contribution is 6.06. The number of carbonyl (C=O) groups is 3. The van der Waals surface area contributed by atoms with Crippen LogP contribution in [0, 0.1) is 11.7 Å². The molecule has 8 nitrogen and oxygen atoms in total. The summed E-state index contributed by atoms with van der Waals surface area (Å²) in [6.45, 7) is 4.09. The smallest absolute Gasteiger partial charge is 0.258 e. The number of anilines is 2. The number of rotatable bonds is 8. The van der Waals surface area contributed by atoms with E-state index in [1.165, 1.54) is 19.1 Å². The van der Waals surface area contributed by atoms with Crippen LogP contribution in [-0.4, -0.2) is 55.5 Å². The summed E-state index contributed by atoms with van der Waals surface area (Å²) in [7, 11) is 0. The Balaban J connectivity index is 1.26. The summed E-state index contributed by atoms with van der Waals surface area (Å²) in [6, 6.07) is 18.0. The Kier molecular flexibility index (Phi) is 7.88. The van der Waals surface area contributed by atoms with Gasteiger partial charge in [0.1, 0.15) is 5.82 Å². The molecule has 2 amide bonds. The van der Waals surface area contributed by atoms with Crippen LogP contribution in [0.5, 0.6) is 11.5 Å². The lowest BCUT2D eigenvalue weighted by molar-refractivity contribution is -0.114. The van der Waals surface area contributed by atoms with Gasteiger partial charge in [-0.3, -0.25) is 14.4 Å². The third kappa shape index (κ3) is 6.26. The molecule has 2 aliphatic rings. The normalized spacial score (nSPS) is 15.1. The van der Waals surface area contributed by atoms with Crippen LogP contribution in [-0.2, 0) is 4.79 Å². The Morgan fingerprint density at radius 1 is 0.923 bits per heavy atom. The molecule has 202 valence electrons. The first-order valence-corrected chi connectivity index (χ1v) is 13.0. The molecule has 0 saturated carbocycles. The Bertz CT molecular complexity index is 1350. The van der Waals surface area contributed by atoms with Gasteiger partial charge in [-0.1, -0.05) is 0 Å². The second-order valence-electron chi connectivity index (χ2n) is 9.74. The minimum Gasteiger partial charge on any atom is -0.454 e. The highest BCUT2D eigenvalue weighted by Gasteiger charge is 2.27. The zero-order valence-electron chi connectivity index (χ0n) is 21.7. The lowest BCUT2D eigenvalue weighted by atomic mass is 9.89. The van der Waals surface area contributed by atoms with E-state index in [0.29, 0.717) is 59.9 Å². The molecule has 1 saturated heterocycles. The monoisotopic (exact) mass is 531 g/mol.